The number of tetrazole rings is 1. The Balaban J connectivity index is 2.51. The van der Waals surface area contributed by atoms with Gasteiger partial charge in [0.15, 0.2) is 0 Å². The second-order valence-electron chi connectivity index (χ2n) is 2.86. The molecule has 0 aliphatic heterocycles. The van der Waals surface area contributed by atoms with Crippen molar-refractivity contribution in [2.24, 2.45) is 5.84 Å². The zero-order chi connectivity index (χ0) is 11.5. The summed E-state index contributed by atoms with van der Waals surface area (Å²) in [5, 5.41) is 21.3. The maximum absolute atomic E-state index is 10.8. The van der Waals surface area contributed by atoms with Crippen molar-refractivity contribution in [3.05, 3.63) is 34.6 Å². The lowest BCUT2D eigenvalue weighted by atomic mass is 10.2. The first-order valence-corrected chi connectivity index (χ1v) is 4.21. The number of benzene rings is 1. The number of rotatable bonds is 3. The lowest BCUT2D eigenvalue weighted by Gasteiger charge is -2.03. The molecule has 9 heteroatoms. The van der Waals surface area contributed by atoms with Crippen LogP contribution < -0.4 is 11.3 Å². The first kappa shape index (κ1) is 9.98. The molecule has 0 amide bonds. The monoisotopic (exact) mass is 221 g/mol. The Morgan fingerprint density at radius 3 is 2.88 bits per heavy atom. The molecule has 1 heterocycles. The van der Waals surface area contributed by atoms with Gasteiger partial charge in [-0.3, -0.25) is 16.0 Å². The number of nitrogens with zero attached hydrogens (tertiary/aromatic N) is 5. The fourth-order valence-electron chi connectivity index (χ4n) is 1.22. The van der Waals surface area contributed by atoms with Crippen LogP contribution in [0.3, 0.4) is 0 Å². The van der Waals surface area contributed by atoms with Crippen molar-refractivity contribution in [1.82, 2.24) is 20.2 Å². The van der Waals surface area contributed by atoms with Crippen LogP contribution in [-0.4, -0.2) is 25.1 Å². The van der Waals surface area contributed by atoms with Gasteiger partial charge in [0.1, 0.15) is 12.0 Å². The van der Waals surface area contributed by atoms with Gasteiger partial charge in [0, 0.05) is 6.07 Å². The number of hydrogen-bond acceptors (Lipinski definition) is 7. The van der Waals surface area contributed by atoms with Gasteiger partial charge >= 0.3 is 0 Å². The molecule has 0 radical (unpaired) electrons. The molecule has 0 spiro atoms. The summed E-state index contributed by atoms with van der Waals surface area (Å²) in [6, 6.07) is 4.42. The third-order valence-electron chi connectivity index (χ3n) is 1.95. The molecule has 0 atom stereocenters. The molecule has 82 valence electrons. The third-order valence-corrected chi connectivity index (χ3v) is 1.95. The van der Waals surface area contributed by atoms with Gasteiger partial charge in [0.2, 0.25) is 0 Å². The Labute approximate surface area is 89.0 Å². The van der Waals surface area contributed by atoms with Gasteiger partial charge in [0.25, 0.3) is 5.69 Å². The van der Waals surface area contributed by atoms with Crippen molar-refractivity contribution in [3.8, 4) is 5.69 Å². The van der Waals surface area contributed by atoms with Gasteiger partial charge in [0.05, 0.1) is 10.6 Å². The molecule has 9 nitrogen and oxygen atoms in total. The summed E-state index contributed by atoms with van der Waals surface area (Å²) in [4.78, 5) is 10.2. The second kappa shape index (κ2) is 3.90. The van der Waals surface area contributed by atoms with E-state index in [0.29, 0.717) is 5.69 Å². The third kappa shape index (κ3) is 1.66. The fraction of sp³-hybridized carbons (Fsp3) is 0. The molecule has 1 aromatic carbocycles. The van der Waals surface area contributed by atoms with Gasteiger partial charge in [-0.05, 0) is 22.6 Å². The average molecular weight is 221 g/mol. The highest BCUT2D eigenvalue weighted by atomic mass is 16.6. The summed E-state index contributed by atoms with van der Waals surface area (Å²) in [5.74, 6) is 5.16. The zero-order valence-corrected chi connectivity index (χ0v) is 7.94. The maximum atomic E-state index is 10.8. The van der Waals surface area contributed by atoms with Crippen molar-refractivity contribution < 1.29 is 4.92 Å². The van der Waals surface area contributed by atoms with Gasteiger partial charge in [-0.15, -0.1) is 5.10 Å². The summed E-state index contributed by atoms with van der Waals surface area (Å²) in [7, 11) is 0. The molecule has 3 N–H and O–H groups in total. The molecular formula is C7H7N7O2. The summed E-state index contributed by atoms with van der Waals surface area (Å²) in [6.45, 7) is 0. The highest BCUT2D eigenvalue weighted by Gasteiger charge is 2.14. The molecule has 0 unspecified atom stereocenters. The van der Waals surface area contributed by atoms with Gasteiger partial charge < -0.3 is 5.43 Å². The topological polar surface area (TPSA) is 125 Å². The molecule has 0 bridgehead atoms. The lowest BCUT2D eigenvalue weighted by molar-refractivity contribution is -0.383. The van der Waals surface area contributed by atoms with Crippen molar-refractivity contribution in [3.63, 3.8) is 0 Å². The van der Waals surface area contributed by atoms with Gasteiger partial charge in [-0.25, -0.2) is 4.68 Å². The van der Waals surface area contributed by atoms with Crippen molar-refractivity contribution in [2.75, 3.05) is 5.43 Å². The van der Waals surface area contributed by atoms with Crippen LogP contribution in [0.15, 0.2) is 24.5 Å². The van der Waals surface area contributed by atoms with Crippen LogP contribution >= 0.6 is 0 Å². The van der Waals surface area contributed by atoms with Crippen LogP contribution in [0.1, 0.15) is 0 Å². The number of hydrogen-bond donors (Lipinski definition) is 2. The maximum Gasteiger partial charge on any atom is 0.295 e. The molecule has 0 aliphatic carbocycles. The molecule has 16 heavy (non-hydrogen) atoms. The molecule has 0 fully saturated rings. The largest absolute Gasteiger partial charge is 0.318 e. The van der Waals surface area contributed by atoms with Gasteiger partial charge in [-0.2, -0.15) is 0 Å². The molecule has 0 aliphatic rings. The number of anilines is 1. The fourth-order valence-corrected chi connectivity index (χ4v) is 1.22. The number of nitrogens with one attached hydrogen (secondary N) is 1. The van der Waals surface area contributed by atoms with E-state index < -0.39 is 4.92 Å². The Morgan fingerprint density at radius 2 is 2.31 bits per heavy atom. The number of nitro benzene ring substituents is 1. The standard InChI is InChI=1S/C7H7N7O2/c8-10-6-2-1-5(3-7(6)14(15)16)13-4-9-11-12-13/h1-4,10H,8H2. The summed E-state index contributed by atoms with van der Waals surface area (Å²) < 4.78 is 1.31. The van der Waals surface area contributed by atoms with E-state index >= 15 is 0 Å². The quantitative estimate of drug-likeness (QED) is 0.419. The first-order valence-electron chi connectivity index (χ1n) is 4.21. The molecule has 1 aromatic heterocycles. The van der Waals surface area contributed by atoms with Crippen molar-refractivity contribution in [1.29, 1.82) is 0 Å². The summed E-state index contributed by atoms with van der Waals surface area (Å²) in [5.41, 5.74) is 2.81. The Bertz CT molecular complexity index is 509. The number of nitro groups is 1. The molecular weight excluding hydrogens is 214 g/mol. The molecule has 0 saturated heterocycles. The van der Waals surface area contributed by atoms with E-state index in [1.54, 1.807) is 6.07 Å². The minimum atomic E-state index is -0.539. The van der Waals surface area contributed by atoms with Crippen LogP contribution in [0.5, 0.6) is 0 Å². The summed E-state index contributed by atoms with van der Waals surface area (Å²) >= 11 is 0. The molecule has 2 aromatic rings. The van der Waals surface area contributed by atoms with Crippen LogP contribution in [0, 0.1) is 10.1 Å². The van der Waals surface area contributed by atoms with E-state index in [9.17, 15) is 10.1 Å². The van der Waals surface area contributed by atoms with Crippen LogP contribution in [0.2, 0.25) is 0 Å². The number of hydrazine groups is 1. The van der Waals surface area contributed by atoms with Crippen molar-refractivity contribution in [2.45, 2.75) is 0 Å². The van der Waals surface area contributed by atoms with Crippen LogP contribution in [0.25, 0.3) is 5.69 Å². The normalized spacial score (nSPS) is 10.1. The number of nitrogen functional groups attached to an aromatic ring is 1. The number of nitrogens with two attached hydrogens (primary N) is 1. The lowest BCUT2D eigenvalue weighted by Crippen LogP contribution is -2.09. The molecule has 0 saturated carbocycles. The highest BCUT2D eigenvalue weighted by Crippen LogP contribution is 2.25. The van der Waals surface area contributed by atoms with E-state index in [0.717, 1.165) is 0 Å². The predicted octanol–water partition coefficient (Wildman–Crippen LogP) is -0.144. The number of aromatic nitrogens is 4. The highest BCUT2D eigenvalue weighted by molar-refractivity contribution is 5.64. The first-order chi connectivity index (χ1) is 7.72. The van der Waals surface area contributed by atoms with E-state index in [1.165, 1.54) is 23.1 Å². The Hall–Kier alpha value is -2.55. The Morgan fingerprint density at radius 1 is 1.50 bits per heavy atom. The minimum absolute atomic E-state index is 0.143. The zero-order valence-electron chi connectivity index (χ0n) is 7.94. The van der Waals surface area contributed by atoms with E-state index in [1.807, 2.05) is 0 Å². The summed E-state index contributed by atoms with van der Waals surface area (Å²) in [6.07, 6.45) is 1.34. The van der Waals surface area contributed by atoms with E-state index in [-0.39, 0.29) is 11.4 Å². The van der Waals surface area contributed by atoms with Gasteiger partial charge in [-0.1, -0.05) is 0 Å². The second-order valence-corrected chi connectivity index (χ2v) is 2.86. The van der Waals surface area contributed by atoms with E-state index in [4.69, 9.17) is 5.84 Å². The molecule has 2 rings (SSSR count). The predicted molar refractivity (Wildman–Crippen MR) is 53.6 cm³/mol. The van der Waals surface area contributed by atoms with Crippen molar-refractivity contribution >= 4 is 11.4 Å². The van der Waals surface area contributed by atoms with Crippen LogP contribution in [-0.2, 0) is 0 Å². The smallest absolute Gasteiger partial charge is 0.295 e. The van der Waals surface area contributed by atoms with Crippen LogP contribution in [0.4, 0.5) is 11.4 Å². The SMILES string of the molecule is NNc1ccc(-n2cnnn2)cc1[N+](=O)[O-]. The Kier molecular flexibility index (Phi) is 2.44. The average Bonchev–Trinajstić information content (AvgIpc) is 2.81. The van der Waals surface area contributed by atoms with E-state index in [2.05, 4.69) is 21.0 Å². The minimum Gasteiger partial charge on any atom is -0.318 e.